The Labute approximate surface area is 131 Å². The molecule has 0 radical (unpaired) electrons. The fourth-order valence-electron chi connectivity index (χ4n) is 2.56. The number of nitrogens with one attached hydrogen (secondary N) is 1. The summed E-state index contributed by atoms with van der Waals surface area (Å²) in [6.45, 7) is 11.8. The standard InChI is InChI=1S/C15H33N3O2S/c1-15(2,3)16-9-7-5-6-8-10-17-11-13-18(14-12-17)21(4,19)20/h16H,5-14H2,1-4H3. The van der Waals surface area contributed by atoms with Crippen LogP contribution >= 0.6 is 0 Å². The van der Waals surface area contributed by atoms with E-state index in [1.54, 1.807) is 4.31 Å². The van der Waals surface area contributed by atoms with Gasteiger partial charge in [-0.15, -0.1) is 0 Å². The Hall–Kier alpha value is -0.170. The zero-order valence-electron chi connectivity index (χ0n) is 14.2. The van der Waals surface area contributed by atoms with Gasteiger partial charge in [-0.25, -0.2) is 8.42 Å². The lowest BCUT2D eigenvalue weighted by molar-refractivity contribution is 0.186. The van der Waals surface area contributed by atoms with Gasteiger partial charge >= 0.3 is 0 Å². The minimum absolute atomic E-state index is 0.222. The molecule has 0 spiro atoms. The molecule has 0 saturated carbocycles. The molecule has 0 bridgehead atoms. The normalized spacial score (nSPS) is 19.0. The molecule has 1 heterocycles. The monoisotopic (exact) mass is 319 g/mol. The minimum atomic E-state index is -3.00. The van der Waals surface area contributed by atoms with Crippen molar-refractivity contribution >= 4 is 10.0 Å². The third-order valence-corrected chi connectivity index (χ3v) is 5.16. The van der Waals surface area contributed by atoms with E-state index in [1.165, 1.54) is 31.9 Å². The van der Waals surface area contributed by atoms with Crippen LogP contribution in [-0.2, 0) is 10.0 Å². The van der Waals surface area contributed by atoms with Crippen LogP contribution in [0.3, 0.4) is 0 Å². The van der Waals surface area contributed by atoms with Crippen molar-refractivity contribution in [3.63, 3.8) is 0 Å². The molecular weight excluding hydrogens is 286 g/mol. The summed E-state index contributed by atoms with van der Waals surface area (Å²) in [4.78, 5) is 2.38. The number of piperazine rings is 1. The van der Waals surface area contributed by atoms with Crippen LogP contribution in [0.4, 0.5) is 0 Å². The van der Waals surface area contributed by atoms with Gasteiger partial charge in [0.05, 0.1) is 6.26 Å². The first-order chi connectivity index (χ1) is 9.68. The van der Waals surface area contributed by atoms with E-state index in [1.807, 2.05) is 0 Å². The molecule has 6 heteroatoms. The van der Waals surface area contributed by atoms with Crippen LogP contribution in [0, 0.1) is 0 Å². The van der Waals surface area contributed by atoms with Crippen molar-refractivity contribution in [2.24, 2.45) is 0 Å². The number of rotatable bonds is 8. The molecule has 0 aromatic heterocycles. The Kier molecular flexibility index (Phi) is 7.60. The first-order valence-electron chi connectivity index (χ1n) is 8.11. The van der Waals surface area contributed by atoms with Gasteiger partial charge in [-0.05, 0) is 46.7 Å². The van der Waals surface area contributed by atoms with Crippen LogP contribution < -0.4 is 5.32 Å². The summed E-state index contributed by atoms with van der Waals surface area (Å²) in [6.07, 6.45) is 6.28. The maximum Gasteiger partial charge on any atom is 0.211 e. The fourth-order valence-corrected chi connectivity index (χ4v) is 3.39. The van der Waals surface area contributed by atoms with Crippen molar-refractivity contribution in [2.75, 3.05) is 45.5 Å². The summed E-state index contributed by atoms with van der Waals surface area (Å²) >= 11 is 0. The third kappa shape index (κ3) is 8.76. The largest absolute Gasteiger partial charge is 0.312 e. The van der Waals surface area contributed by atoms with Gasteiger partial charge in [0.25, 0.3) is 0 Å². The Bertz CT molecular complexity index is 382. The van der Waals surface area contributed by atoms with Gasteiger partial charge in [0.15, 0.2) is 0 Å². The van der Waals surface area contributed by atoms with Gasteiger partial charge in [-0.3, -0.25) is 0 Å². The van der Waals surface area contributed by atoms with Gasteiger partial charge in [0.1, 0.15) is 0 Å². The van der Waals surface area contributed by atoms with Crippen LogP contribution in [0.15, 0.2) is 0 Å². The average Bonchev–Trinajstić information content (AvgIpc) is 2.36. The molecule has 0 aliphatic carbocycles. The molecule has 1 aliphatic rings. The predicted octanol–water partition coefficient (Wildman–Crippen LogP) is 1.51. The summed E-state index contributed by atoms with van der Waals surface area (Å²) in [5, 5.41) is 3.51. The summed E-state index contributed by atoms with van der Waals surface area (Å²) in [7, 11) is -3.00. The van der Waals surface area contributed by atoms with Crippen LogP contribution in [0.2, 0.25) is 0 Å². The van der Waals surface area contributed by atoms with Crippen LogP contribution in [0.5, 0.6) is 0 Å². The Morgan fingerprint density at radius 1 is 0.952 bits per heavy atom. The minimum Gasteiger partial charge on any atom is -0.312 e. The molecular formula is C15H33N3O2S. The molecule has 1 rings (SSSR count). The molecule has 1 N–H and O–H groups in total. The van der Waals surface area contributed by atoms with Crippen molar-refractivity contribution in [3.05, 3.63) is 0 Å². The SMILES string of the molecule is CC(C)(C)NCCCCCCN1CCN(S(C)(=O)=O)CC1. The quantitative estimate of drug-likeness (QED) is 0.689. The van der Waals surface area contributed by atoms with E-state index in [4.69, 9.17) is 0 Å². The van der Waals surface area contributed by atoms with E-state index < -0.39 is 10.0 Å². The lowest BCUT2D eigenvalue weighted by Gasteiger charge is -2.33. The summed E-state index contributed by atoms with van der Waals surface area (Å²) < 4.78 is 24.4. The van der Waals surface area contributed by atoms with Crippen molar-refractivity contribution < 1.29 is 8.42 Å². The second kappa shape index (κ2) is 8.46. The molecule has 0 aromatic carbocycles. The third-order valence-electron chi connectivity index (χ3n) is 3.86. The van der Waals surface area contributed by atoms with Crippen molar-refractivity contribution in [2.45, 2.75) is 52.0 Å². The lowest BCUT2D eigenvalue weighted by atomic mass is 10.1. The topological polar surface area (TPSA) is 52.6 Å². The van der Waals surface area contributed by atoms with Crippen molar-refractivity contribution in [1.29, 1.82) is 0 Å². The van der Waals surface area contributed by atoms with Crippen LogP contribution in [-0.4, -0.2) is 68.7 Å². The van der Waals surface area contributed by atoms with Gasteiger partial charge in [-0.1, -0.05) is 12.8 Å². The smallest absolute Gasteiger partial charge is 0.211 e. The summed E-state index contributed by atoms with van der Waals surface area (Å²) in [5.41, 5.74) is 0.222. The number of sulfonamides is 1. The number of unbranched alkanes of at least 4 members (excludes halogenated alkanes) is 3. The maximum atomic E-state index is 11.4. The predicted molar refractivity (Wildman–Crippen MR) is 89.1 cm³/mol. The molecule has 1 saturated heterocycles. The highest BCUT2D eigenvalue weighted by Crippen LogP contribution is 2.08. The highest BCUT2D eigenvalue weighted by Gasteiger charge is 2.22. The van der Waals surface area contributed by atoms with E-state index in [9.17, 15) is 8.42 Å². The first kappa shape index (κ1) is 18.9. The molecule has 126 valence electrons. The Balaban J connectivity index is 2.00. The van der Waals surface area contributed by atoms with Gasteiger partial charge in [-0.2, -0.15) is 4.31 Å². The van der Waals surface area contributed by atoms with Gasteiger partial charge in [0, 0.05) is 31.7 Å². The molecule has 0 aromatic rings. The maximum absolute atomic E-state index is 11.4. The number of hydrogen-bond donors (Lipinski definition) is 1. The van der Waals surface area contributed by atoms with Crippen LogP contribution in [0.1, 0.15) is 46.5 Å². The molecule has 1 aliphatic heterocycles. The van der Waals surface area contributed by atoms with E-state index in [2.05, 4.69) is 31.0 Å². The zero-order chi connectivity index (χ0) is 15.9. The van der Waals surface area contributed by atoms with E-state index >= 15 is 0 Å². The van der Waals surface area contributed by atoms with Gasteiger partial charge < -0.3 is 10.2 Å². The first-order valence-corrected chi connectivity index (χ1v) is 9.96. The van der Waals surface area contributed by atoms with E-state index in [0.29, 0.717) is 13.1 Å². The second-order valence-corrected chi connectivity index (χ2v) is 9.08. The zero-order valence-corrected chi connectivity index (χ0v) is 15.0. The van der Waals surface area contributed by atoms with Gasteiger partial charge in [0.2, 0.25) is 10.0 Å². The second-order valence-electron chi connectivity index (χ2n) is 7.09. The fraction of sp³-hybridized carbons (Fsp3) is 1.00. The molecule has 0 atom stereocenters. The van der Waals surface area contributed by atoms with E-state index in [-0.39, 0.29) is 5.54 Å². The Morgan fingerprint density at radius 3 is 2.05 bits per heavy atom. The van der Waals surface area contributed by atoms with E-state index in [0.717, 1.165) is 26.2 Å². The van der Waals surface area contributed by atoms with Crippen LogP contribution in [0.25, 0.3) is 0 Å². The van der Waals surface area contributed by atoms with Crippen molar-refractivity contribution in [3.8, 4) is 0 Å². The van der Waals surface area contributed by atoms with Crippen molar-refractivity contribution in [1.82, 2.24) is 14.5 Å². The Morgan fingerprint density at radius 2 is 1.52 bits per heavy atom. The molecule has 5 nitrogen and oxygen atoms in total. The molecule has 0 unspecified atom stereocenters. The number of hydrogen-bond acceptors (Lipinski definition) is 4. The lowest BCUT2D eigenvalue weighted by Crippen LogP contribution is -2.48. The highest BCUT2D eigenvalue weighted by molar-refractivity contribution is 7.88. The molecule has 21 heavy (non-hydrogen) atoms. The average molecular weight is 320 g/mol. The molecule has 0 amide bonds. The number of nitrogens with zero attached hydrogens (tertiary/aromatic N) is 2. The molecule has 1 fully saturated rings. The summed E-state index contributed by atoms with van der Waals surface area (Å²) in [5.74, 6) is 0. The summed E-state index contributed by atoms with van der Waals surface area (Å²) in [6, 6.07) is 0. The highest BCUT2D eigenvalue weighted by atomic mass is 32.2.